The fourth-order valence-electron chi connectivity index (χ4n) is 3.09. The third-order valence-corrected chi connectivity index (χ3v) is 4.66. The van der Waals surface area contributed by atoms with E-state index in [0.29, 0.717) is 22.6 Å². The Hall–Kier alpha value is -2.90. The summed E-state index contributed by atoms with van der Waals surface area (Å²) in [6, 6.07) is 25.9. The molecule has 0 saturated heterocycles. The van der Waals surface area contributed by atoms with Crippen LogP contribution in [0.3, 0.4) is 0 Å². The molecule has 0 aliphatic heterocycles. The normalized spacial score (nSPS) is 11.9. The summed E-state index contributed by atoms with van der Waals surface area (Å²) in [5.41, 5.74) is 1.31. The first-order valence-corrected chi connectivity index (χ1v) is 9.41. The molecule has 0 spiro atoms. The van der Waals surface area contributed by atoms with E-state index in [1.807, 2.05) is 84.9 Å². The molecule has 0 aliphatic carbocycles. The van der Waals surface area contributed by atoms with Crippen LogP contribution >= 0.6 is 0 Å². The van der Waals surface area contributed by atoms with Crippen LogP contribution in [0.4, 0.5) is 0 Å². The molecule has 3 rings (SSSR count). The summed E-state index contributed by atoms with van der Waals surface area (Å²) in [5, 5.41) is 0. The largest absolute Gasteiger partial charge is 0.435 e. The molecule has 0 radical (unpaired) electrons. The molecule has 0 amide bonds. The van der Waals surface area contributed by atoms with E-state index in [9.17, 15) is 0 Å². The molecule has 6 nitrogen and oxygen atoms in total. The zero-order chi connectivity index (χ0) is 21.5. The summed E-state index contributed by atoms with van der Waals surface area (Å²) >= 11 is 0. The Kier molecular flexibility index (Phi) is 7.07. The van der Waals surface area contributed by atoms with Crippen molar-refractivity contribution in [2.75, 3.05) is 28.4 Å². The standard InChI is InChI=1S/C24H26O6/c1-25-23(26-2,29-21-11-7-5-8-12-21)19-15-17-20(18-16-19)24(27-3,28-4)30-22-13-9-6-10-14-22/h5-18H,1-4H3. The van der Waals surface area contributed by atoms with Gasteiger partial charge in [0.15, 0.2) is 0 Å². The molecule has 3 aromatic rings. The predicted octanol–water partition coefficient (Wildman–Crippen LogP) is 4.65. The first-order valence-electron chi connectivity index (χ1n) is 9.41. The van der Waals surface area contributed by atoms with Gasteiger partial charge < -0.3 is 28.4 Å². The van der Waals surface area contributed by atoms with Crippen LogP contribution in [-0.4, -0.2) is 28.4 Å². The first kappa shape index (κ1) is 21.8. The smallest absolute Gasteiger partial charge is 0.355 e. The quantitative estimate of drug-likeness (QED) is 0.454. The Morgan fingerprint density at radius 2 is 0.733 bits per heavy atom. The SMILES string of the molecule is COC(OC)(Oc1ccccc1)c1ccc(C(OC)(OC)Oc2ccccc2)cc1. The molecule has 0 atom stereocenters. The van der Waals surface area contributed by atoms with Crippen molar-refractivity contribution in [3.8, 4) is 11.5 Å². The summed E-state index contributed by atoms with van der Waals surface area (Å²) in [6.07, 6.45) is 0. The molecule has 0 aromatic heterocycles. The van der Waals surface area contributed by atoms with Gasteiger partial charge in [0.2, 0.25) is 0 Å². The maximum Gasteiger partial charge on any atom is 0.355 e. The molecular weight excluding hydrogens is 384 g/mol. The van der Waals surface area contributed by atoms with Gasteiger partial charge in [0.25, 0.3) is 0 Å². The van der Waals surface area contributed by atoms with Gasteiger partial charge in [-0.2, -0.15) is 0 Å². The Labute approximate surface area is 176 Å². The van der Waals surface area contributed by atoms with Gasteiger partial charge in [-0.25, -0.2) is 0 Å². The molecule has 6 heteroatoms. The van der Waals surface area contributed by atoms with Crippen LogP contribution in [0.2, 0.25) is 0 Å². The van der Waals surface area contributed by atoms with Crippen molar-refractivity contribution in [2.45, 2.75) is 11.9 Å². The number of hydrogen-bond acceptors (Lipinski definition) is 6. The van der Waals surface area contributed by atoms with Crippen molar-refractivity contribution >= 4 is 0 Å². The van der Waals surface area contributed by atoms with Gasteiger partial charge in [-0.05, 0) is 48.5 Å². The minimum absolute atomic E-state index is 0.612. The van der Waals surface area contributed by atoms with Gasteiger partial charge in [-0.3, -0.25) is 0 Å². The summed E-state index contributed by atoms with van der Waals surface area (Å²) in [5.74, 6) is -1.60. The lowest BCUT2D eigenvalue weighted by Gasteiger charge is -2.33. The number of rotatable bonds is 10. The van der Waals surface area contributed by atoms with Crippen LogP contribution in [-0.2, 0) is 30.9 Å². The molecule has 3 aromatic carbocycles. The van der Waals surface area contributed by atoms with Gasteiger partial charge in [-0.1, -0.05) is 36.4 Å². The molecule has 30 heavy (non-hydrogen) atoms. The van der Waals surface area contributed by atoms with E-state index in [2.05, 4.69) is 0 Å². The maximum absolute atomic E-state index is 6.02. The lowest BCUT2D eigenvalue weighted by Crippen LogP contribution is -2.39. The van der Waals surface area contributed by atoms with E-state index in [0.717, 1.165) is 0 Å². The fraction of sp³-hybridized carbons (Fsp3) is 0.250. The van der Waals surface area contributed by atoms with Gasteiger partial charge in [0, 0.05) is 28.4 Å². The summed E-state index contributed by atoms with van der Waals surface area (Å²) < 4.78 is 34.5. The van der Waals surface area contributed by atoms with Crippen LogP contribution in [0.1, 0.15) is 11.1 Å². The number of methoxy groups -OCH3 is 4. The Morgan fingerprint density at radius 1 is 0.433 bits per heavy atom. The van der Waals surface area contributed by atoms with Crippen molar-refractivity contribution in [2.24, 2.45) is 0 Å². The third-order valence-electron chi connectivity index (χ3n) is 4.66. The minimum atomic E-state index is -1.41. The van der Waals surface area contributed by atoms with Crippen molar-refractivity contribution in [1.29, 1.82) is 0 Å². The van der Waals surface area contributed by atoms with Crippen LogP contribution < -0.4 is 9.47 Å². The molecule has 0 aliphatic rings. The summed E-state index contributed by atoms with van der Waals surface area (Å²) in [7, 11) is 6.09. The second-order valence-corrected chi connectivity index (χ2v) is 6.34. The highest BCUT2D eigenvalue weighted by atomic mass is 16.9. The van der Waals surface area contributed by atoms with Gasteiger partial charge >= 0.3 is 11.9 Å². The van der Waals surface area contributed by atoms with E-state index in [1.54, 1.807) is 0 Å². The molecule has 0 bridgehead atoms. The minimum Gasteiger partial charge on any atom is -0.435 e. The van der Waals surface area contributed by atoms with E-state index in [4.69, 9.17) is 28.4 Å². The highest BCUT2D eigenvalue weighted by Crippen LogP contribution is 2.34. The number of hydrogen-bond donors (Lipinski definition) is 0. The van der Waals surface area contributed by atoms with Crippen molar-refractivity contribution in [1.82, 2.24) is 0 Å². The highest BCUT2D eigenvalue weighted by molar-refractivity contribution is 5.30. The fourth-order valence-corrected chi connectivity index (χ4v) is 3.09. The van der Waals surface area contributed by atoms with E-state index < -0.39 is 11.9 Å². The Balaban J connectivity index is 1.92. The first-order chi connectivity index (χ1) is 14.6. The molecule has 158 valence electrons. The van der Waals surface area contributed by atoms with E-state index >= 15 is 0 Å². The van der Waals surface area contributed by atoms with Crippen molar-refractivity contribution in [3.05, 3.63) is 96.1 Å². The molecule has 0 N–H and O–H groups in total. The van der Waals surface area contributed by atoms with Gasteiger partial charge in [0.05, 0.1) is 11.1 Å². The maximum atomic E-state index is 6.02. The number of ether oxygens (including phenoxy) is 6. The lowest BCUT2D eigenvalue weighted by molar-refractivity contribution is -0.336. The van der Waals surface area contributed by atoms with Crippen molar-refractivity contribution < 1.29 is 28.4 Å². The van der Waals surface area contributed by atoms with E-state index in [1.165, 1.54) is 28.4 Å². The summed E-state index contributed by atoms with van der Waals surface area (Å²) in [4.78, 5) is 0. The topological polar surface area (TPSA) is 55.4 Å². The lowest BCUT2D eigenvalue weighted by atomic mass is 10.1. The van der Waals surface area contributed by atoms with Crippen LogP contribution in [0.25, 0.3) is 0 Å². The molecule has 0 saturated carbocycles. The number of para-hydroxylation sites is 2. The third kappa shape index (κ3) is 4.47. The van der Waals surface area contributed by atoms with E-state index in [-0.39, 0.29) is 0 Å². The average molecular weight is 410 g/mol. The second kappa shape index (κ2) is 9.73. The zero-order valence-electron chi connectivity index (χ0n) is 17.5. The monoisotopic (exact) mass is 410 g/mol. The average Bonchev–Trinajstić information content (AvgIpc) is 2.83. The second-order valence-electron chi connectivity index (χ2n) is 6.34. The summed E-state index contributed by atoms with van der Waals surface area (Å²) in [6.45, 7) is 0. The molecule has 0 heterocycles. The van der Waals surface area contributed by atoms with Crippen LogP contribution in [0, 0.1) is 0 Å². The van der Waals surface area contributed by atoms with Gasteiger partial charge in [0.1, 0.15) is 11.5 Å². The van der Waals surface area contributed by atoms with Gasteiger partial charge in [-0.15, -0.1) is 0 Å². The predicted molar refractivity (Wildman–Crippen MR) is 112 cm³/mol. The Bertz CT molecular complexity index is 811. The highest BCUT2D eigenvalue weighted by Gasteiger charge is 2.39. The Morgan fingerprint density at radius 3 is 1.00 bits per heavy atom. The van der Waals surface area contributed by atoms with Crippen LogP contribution in [0.15, 0.2) is 84.9 Å². The number of benzene rings is 3. The zero-order valence-corrected chi connectivity index (χ0v) is 17.5. The molecule has 0 unspecified atom stereocenters. The molecule has 0 fully saturated rings. The van der Waals surface area contributed by atoms with Crippen LogP contribution in [0.5, 0.6) is 11.5 Å². The van der Waals surface area contributed by atoms with Crippen molar-refractivity contribution in [3.63, 3.8) is 0 Å². The molecular formula is C24H26O6.